The summed E-state index contributed by atoms with van der Waals surface area (Å²) in [5, 5.41) is 4.23. The number of aryl methyl sites for hydroxylation is 1. The lowest BCUT2D eigenvalue weighted by Gasteiger charge is -2.14. The number of methoxy groups -OCH3 is 1. The van der Waals surface area contributed by atoms with E-state index in [0.717, 1.165) is 27.3 Å². The molecule has 2 nitrogen and oxygen atoms in total. The highest BCUT2D eigenvalue weighted by Crippen LogP contribution is 2.26. The second-order valence-electron chi connectivity index (χ2n) is 4.62. The predicted molar refractivity (Wildman–Crippen MR) is 88.4 cm³/mol. The Morgan fingerprint density at radius 3 is 2.75 bits per heavy atom. The van der Waals surface area contributed by atoms with Crippen molar-refractivity contribution in [3.8, 4) is 0 Å². The van der Waals surface area contributed by atoms with Crippen molar-refractivity contribution in [3.63, 3.8) is 0 Å². The van der Waals surface area contributed by atoms with Gasteiger partial charge in [0, 0.05) is 34.4 Å². The normalized spacial score (nSPS) is 10.6. The largest absolute Gasteiger partial charge is 0.381 e. The SMILES string of the molecule is COCc1c(Br)cccc1NCc1ccc(Cl)cc1C. The Morgan fingerprint density at radius 2 is 2.05 bits per heavy atom. The van der Waals surface area contributed by atoms with Crippen LogP contribution in [-0.4, -0.2) is 7.11 Å². The molecule has 0 aliphatic rings. The zero-order valence-electron chi connectivity index (χ0n) is 11.5. The van der Waals surface area contributed by atoms with E-state index in [9.17, 15) is 0 Å². The molecule has 0 saturated carbocycles. The van der Waals surface area contributed by atoms with Crippen LogP contribution < -0.4 is 5.32 Å². The first-order valence-electron chi connectivity index (χ1n) is 6.37. The minimum Gasteiger partial charge on any atom is -0.381 e. The summed E-state index contributed by atoms with van der Waals surface area (Å²) >= 11 is 9.54. The van der Waals surface area contributed by atoms with Gasteiger partial charge >= 0.3 is 0 Å². The molecule has 0 heterocycles. The van der Waals surface area contributed by atoms with E-state index in [1.54, 1.807) is 7.11 Å². The number of hydrogen-bond donors (Lipinski definition) is 1. The van der Waals surface area contributed by atoms with Gasteiger partial charge in [-0.3, -0.25) is 0 Å². The molecule has 20 heavy (non-hydrogen) atoms. The van der Waals surface area contributed by atoms with Crippen molar-refractivity contribution in [1.29, 1.82) is 0 Å². The Balaban J connectivity index is 2.16. The van der Waals surface area contributed by atoms with Gasteiger partial charge in [-0.25, -0.2) is 0 Å². The molecule has 0 aliphatic heterocycles. The average molecular weight is 355 g/mol. The Bertz CT molecular complexity index is 601. The second kappa shape index (κ2) is 7.11. The van der Waals surface area contributed by atoms with Gasteiger partial charge in [-0.2, -0.15) is 0 Å². The molecule has 0 spiro atoms. The van der Waals surface area contributed by atoms with E-state index < -0.39 is 0 Å². The molecule has 0 atom stereocenters. The molecule has 0 amide bonds. The van der Waals surface area contributed by atoms with E-state index in [4.69, 9.17) is 16.3 Å². The average Bonchev–Trinajstić information content (AvgIpc) is 2.41. The quantitative estimate of drug-likeness (QED) is 0.800. The minimum absolute atomic E-state index is 0.573. The van der Waals surface area contributed by atoms with Gasteiger partial charge in [-0.1, -0.05) is 39.7 Å². The maximum Gasteiger partial charge on any atom is 0.0744 e. The summed E-state index contributed by atoms with van der Waals surface area (Å²) in [5.41, 5.74) is 4.63. The van der Waals surface area contributed by atoms with Crippen molar-refractivity contribution in [2.45, 2.75) is 20.1 Å². The fourth-order valence-corrected chi connectivity index (χ4v) is 2.77. The van der Waals surface area contributed by atoms with Gasteiger partial charge in [-0.15, -0.1) is 0 Å². The molecule has 2 aromatic carbocycles. The third-order valence-corrected chi connectivity index (χ3v) is 4.16. The summed E-state index contributed by atoms with van der Waals surface area (Å²) < 4.78 is 6.31. The highest BCUT2D eigenvalue weighted by molar-refractivity contribution is 9.10. The maximum absolute atomic E-state index is 5.98. The maximum atomic E-state index is 5.98. The summed E-state index contributed by atoms with van der Waals surface area (Å²) in [6, 6.07) is 12.1. The Kier molecular flexibility index (Phi) is 5.46. The number of benzene rings is 2. The number of rotatable bonds is 5. The van der Waals surface area contributed by atoms with E-state index in [-0.39, 0.29) is 0 Å². The second-order valence-corrected chi connectivity index (χ2v) is 5.91. The van der Waals surface area contributed by atoms with Crippen LogP contribution in [-0.2, 0) is 17.9 Å². The summed E-state index contributed by atoms with van der Waals surface area (Å²) in [4.78, 5) is 0. The van der Waals surface area contributed by atoms with Crippen LogP contribution >= 0.6 is 27.5 Å². The highest BCUT2D eigenvalue weighted by Gasteiger charge is 2.07. The van der Waals surface area contributed by atoms with E-state index >= 15 is 0 Å². The molecular weight excluding hydrogens is 338 g/mol. The Hall–Kier alpha value is -1.03. The van der Waals surface area contributed by atoms with Gasteiger partial charge in [0.05, 0.1) is 6.61 Å². The van der Waals surface area contributed by atoms with Gasteiger partial charge in [-0.05, 0) is 42.3 Å². The van der Waals surface area contributed by atoms with Crippen LogP contribution in [0.3, 0.4) is 0 Å². The van der Waals surface area contributed by atoms with Crippen LogP contribution in [0, 0.1) is 6.92 Å². The number of nitrogens with one attached hydrogen (secondary N) is 1. The highest BCUT2D eigenvalue weighted by atomic mass is 79.9. The van der Waals surface area contributed by atoms with Crippen molar-refractivity contribution in [1.82, 2.24) is 0 Å². The van der Waals surface area contributed by atoms with Crippen molar-refractivity contribution >= 4 is 33.2 Å². The standard InChI is InChI=1S/C16H17BrClNO/c1-11-8-13(18)7-6-12(11)9-19-16-5-3-4-15(17)14(16)10-20-2/h3-8,19H,9-10H2,1-2H3. The van der Waals surface area contributed by atoms with Crippen LogP contribution in [0.15, 0.2) is 40.9 Å². The molecule has 1 N–H and O–H groups in total. The van der Waals surface area contributed by atoms with Crippen molar-refractivity contribution in [3.05, 3.63) is 62.6 Å². The summed E-state index contributed by atoms with van der Waals surface area (Å²) in [7, 11) is 1.70. The number of ether oxygens (including phenoxy) is 1. The molecule has 4 heteroatoms. The molecule has 2 aromatic rings. The van der Waals surface area contributed by atoms with Gasteiger partial charge < -0.3 is 10.1 Å². The topological polar surface area (TPSA) is 21.3 Å². The third kappa shape index (κ3) is 3.75. The molecule has 0 bridgehead atoms. The van der Waals surface area contributed by atoms with Crippen molar-refractivity contribution < 1.29 is 4.74 Å². The van der Waals surface area contributed by atoms with Crippen LogP contribution in [0.4, 0.5) is 5.69 Å². The first-order valence-corrected chi connectivity index (χ1v) is 7.54. The van der Waals surface area contributed by atoms with Gasteiger partial charge in [0.2, 0.25) is 0 Å². The fraction of sp³-hybridized carbons (Fsp3) is 0.250. The van der Waals surface area contributed by atoms with Crippen molar-refractivity contribution in [2.75, 3.05) is 12.4 Å². The lowest BCUT2D eigenvalue weighted by atomic mass is 10.1. The number of halogens is 2. The lowest BCUT2D eigenvalue weighted by Crippen LogP contribution is -2.05. The van der Waals surface area contributed by atoms with Crippen LogP contribution in [0.1, 0.15) is 16.7 Å². The van der Waals surface area contributed by atoms with E-state index in [2.05, 4.69) is 40.3 Å². The molecule has 0 unspecified atom stereocenters. The smallest absolute Gasteiger partial charge is 0.0744 e. The monoisotopic (exact) mass is 353 g/mol. The number of anilines is 1. The molecule has 0 aliphatic carbocycles. The fourth-order valence-electron chi connectivity index (χ4n) is 2.06. The van der Waals surface area contributed by atoms with Crippen LogP contribution in [0.5, 0.6) is 0 Å². The first-order chi connectivity index (χ1) is 9.61. The minimum atomic E-state index is 0.573. The molecule has 2 rings (SSSR count). The van der Waals surface area contributed by atoms with E-state index in [1.807, 2.05) is 24.3 Å². The van der Waals surface area contributed by atoms with Gasteiger partial charge in [0.15, 0.2) is 0 Å². The molecule has 106 valence electrons. The Morgan fingerprint density at radius 1 is 1.25 bits per heavy atom. The molecule has 0 saturated heterocycles. The van der Waals surface area contributed by atoms with Crippen molar-refractivity contribution in [2.24, 2.45) is 0 Å². The number of hydrogen-bond acceptors (Lipinski definition) is 2. The zero-order valence-corrected chi connectivity index (χ0v) is 13.9. The van der Waals surface area contributed by atoms with Gasteiger partial charge in [0.1, 0.15) is 0 Å². The summed E-state index contributed by atoms with van der Waals surface area (Å²) in [6.07, 6.45) is 0. The molecule has 0 fully saturated rings. The lowest BCUT2D eigenvalue weighted by molar-refractivity contribution is 0.185. The van der Waals surface area contributed by atoms with E-state index in [1.165, 1.54) is 11.1 Å². The summed E-state index contributed by atoms with van der Waals surface area (Å²) in [5.74, 6) is 0. The first kappa shape index (κ1) is 15.4. The molecule has 0 radical (unpaired) electrons. The molecule has 0 aromatic heterocycles. The van der Waals surface area contributed by atoms with Crippen LogP contribution in [0.25, 0.3) is 0 Å². The summed E-state index contributed by atoms with van der Waals surface area (Å²) in [6.45, 7) is 3.40. The Labute approximate surface area is 133 Å². The predicted octanol–water partition coefficient (Wildman–Crippen LogP) is 5.17. The van der Waals surface area contributed by atoms with Gasteiger partial charge in [0.25, 0.3) is 0 Å². The van der Waals surface area contributed by atoms with Crippen LogP contribution in [0.2, 0.25) is 5.02 Å². The molecular formula is C16H17BrClNO. The zero-order chi connectivity index (χ0) is 14.5. The van der Waals surface area contributed by atoms with E-state index in [0.29, 0.717) is 6.61 Å². The third-order valence-electron chi connectivity index (χ3n) is 3.18.